The minimum Gasteiger partial charge on any atom is -0.357 e. The Bertz CT molecular complexity index is 788. The second-order valence-electron chi connectivity index (χ2n) is 6.18. The second-order valence-corrected chi connectivity index (χ2v) is 7.24. The van der Waals surface area contributed by atoms with Gasteiger partial charge in [0.1, 0.15) is 6.54 Å². The van der Waals surface area contributed by atoms with E-state index in [9.17, 15) is 4.79 Å². The first-order chi connectivity index (χ1) is 12.6. The van der Waals surface area contributed by atoms with E-state index in [-0.39, 0.29) is 29.9 Å². The number of hydrogen-bond donors (Lipinski definition) is 1. The van der Waals surface area contributed by atoms with Crippen molar-refractivity contribution in [2.75, 3.05) is 37.6 Å². The van der Waals surface area contributed by atoms with Gasteiger partial charge in [-0.15, -0.1) is 35.3 Å². The molecule has 2 aromatic heterocycles. The summed E-state index contributed by atoms with van der Waals surface area (Å²) in [7, 11) is 1.85. The molecule has 1 fully saturated rings. The van der Waals surface area contributed by atoms with E-state index in [2.05, 4.69) is 25.8 Å². The molecule has 8 nitrogen and oxygen atoms in total. The van der Waals surface area contributed by atoms with E-state index in [1.807, 2.05) is 32.0 Å². The Morgan fingerprint density at radius 1 is 1.41 bits per heavy atom. The number of nitrogens with one attached hydrogen (secondary N) is 1. The SMILES string of the molecule is CCNC(=NCCc1csc(C)n1)N1CCN(c2cnn(C)c2)C(=O)C1.I. The molecule has 0 unspecified atom stereocenters. The number of aliphatic imine (C=N–C) groups is 1. The van der Waals surface area contributed by atoms with E-state index in [0.717, 1.165) is 41.9 Å². The van der Waals surface area contributed by atoms with Crippen molar-refractivity contribution in [3.05, 3.63) is 28.5 Å². The number of hydrogen-bond acceptors (Lipinski definition) is 5. The number of aromatic nitrogens is 3. The summed E-state index contributed by atoms with van der Waals surface area (Å²) in [4.78, 5) is 25.5. The van der Waals surface area contributed by atoms with Gasteiger partial charge in [-0.25, -0.2) is 4.98 Å². The molecule has 1 saturated heterocycles. The number of piperazine rings is 1. The van der Waals surface area contributed by atoms with Crippen LogP contribution in [-0.4, -0.2) is 64.3 Å². The van der Waals surface area contributed by atoms with E-state index in [0.29, 0.717) is 19.6 Å². The molecule has 0 spiro atoms. The van der Waals surface area contributed by atoms with Crippen molar-refractivity contribution in [3.63, 3.8) is 0 Å². The summed E-state index contributed by atoms with van der Waals surface area (Å²) in [5, 5.41) is 10.6. The summed E-state index contributed by atoms with van der Waals surface area (Å²) in [6, 6.07) is 0. The van der Waals surface area contributed by atoms with Crippen LogP contribution in [0.1, 0.15) is 17.6 Å². The molecule has 0 aliphatic carbocycles. The van der Waals surface area contributed by atoms with Gasteiger partial charge < -0.3 is 15.1 Å². The lowest BCUT2D eigenvalue weighted by molar-refractivity contribution is -0.120. The fourth-order valence-corrected chi connectivity index (χ4v) is 3.55. The number of rotatable bonds is 5. The van der Waals surface area contributed by atoms with Gasteiger partial charge in [0.15, 0.2) is 5.96 Å². The summed E-state index contributed by atoms with van der Waals surface area (Å²) in [6.07, 6.45) is 4.40. The zero-order chi connectivity index (χ0) is 18.5. The Labute approximate surface area is 180 Å². The Balaban J connectivity index is 0.00000261. The fourth-order valence-electron chi connectivity index (χ4n) is 2.90. The molecule has 27 heavy (non-hydrogen) atoms. The molecule has 3 rings (SSSR count). The predicted molar refractivity (Wildman–Crippen MR) is 119 cm³/mol. The van der Waals surface area contributed by atoms with Crippen molar-refractivity contribution in [1.29, 1.82) is 0 Å². The zero-order valence-electron chi connectivity index (χ0n) is 15.9. The highest BCUT2D eigenvalue weighted by atomic mass is 127. The third-order valence-corrected chi connectivity index (χ3v) is 4.98. The highest BCUT2D eigenvalue weighted by Gasteiger charge is 2.27. The first-order valence-electron chi connectivity index (χ1n) is 8.80. The average Bonchev–Trinajstić information content (AvgIpc) is 3.22. The normalized spacial score (nSPS) is 15.1. The quantitative estimate of drug-likeness (QED) is 0.382. The molecule has 0 saturated carbocycles. The van der Waals surface area contributed by atoms with Crippen molar-refractivity contribution in [2.45, 2.75) is 20.3 Å². The first kappa shape index (κ1) is 21.6. The van der Waals surface area contributed by atoms with Crippen LogP contribution in [0.25, 0.3) is 0 Å². The second kappa shape index (κ2) is 10.0. The van der Waals surface area contributed by atoms with Gasteiger partial charge in [0, 0.05) is 51.2 Å². The van der Waals surface area contributed by atoms with E-state index < -0.39 is 0 Å². The summed E-state index contributed by atoms with van der Waals surface area (Å²) in [5.74, 6) is 0.851. The highest BCUT2D eigenvalue weighted by Crippen LogP contribution is 2.16. The molecule has 0 atom stereocenters. The maximum Gasteiger partial charge on any atom is 0.246 e. The van der Waals surface area contributed by atoms with Crippen molar-refractivity contribution in [2.24, 2.45) is 12.0 Å². The van der Waals surface area contributed by atoms with Gasteiger partial charge in [0.05, 0.1) is 22.6 Å². The van der Waals surface area contributed by atoms with Gasteiger partial charge in [-0.1, -0.05) is 0 Å². The third-order valence-electron chi connectivity index (χ3n) is 4.15. The minimum atomic E-state index is 0. The number of anilines is 1. The van der Waals surface area contributed by atoms with Crippen LogP contribution in [0.3, 0.4) is 0 Å². The van der Waals surface area contributed by atoms with Crippen molar-refractivity contribution >= 4 is 52.9 Å². The molecule has 0 aromatic carbocycles. The molecule has 0 bridgehead atoms. The van der Waals surface area contributed by atoms with Crippen LogP contribution in [0.2, 0.25) is 0 Å². The first-order valence-corrected chi connectivity index (χ1v) is 9.68. The highest BCUT2D eigenvalue weighted by molar-refractivity contribution is 14.0. The van der Waals surface area contributed by atoms with Crippen molar-refractivity contribution < 1.29 is 4.79 Å². The van der Waals surface area contributed by atoms with E-state index >= 15 is 0 Å². The molecule has 0 radical (unpaired) electrons. The molecule has 2 aromatic rings. The average molecular weight is 503 g/mol. The van der Waals surface area contributed by atoms with Crippen LogP contribution in [0.4, 0.5) is 5.69 Å². The van der Waals surface area contributed by atoms with Crippen LogP contribution >= 0.6 is 35.3 Å². The number of amides is 1. The molecule has 1 aliphatic rings. The monoisotopic (exact) mass is 503 g/mol. The van der Waals surface area contributed by atoms with Gasteiger partial charge in [-0.05, 0) is 13.8 Å². The van der Waals surface area contributed by atoms with Crippen molar-refractivity contribution in [3.8, 4) is 0 Å². The minimum absolute atomic E-state index is 0. The summed E-state index contributed by atoms with van der Waals surface area (Å²) in [5.41, 5.74) is 1.92. The van der Waals surface area contributed by atoms with Gasteiger partial charge in [-0.2, -0.15) is 5.10 Å². The lowest BCUT2D eigenvalue weighted by Crippen LogP contribution is -2.55. The fraction of sp³-hybridized carbons (Fsp3) is 0.529. The van der Waals surface area contributed by atoms with Gasteiger partial charge in [0.2, 0.25) is 5.91 Å². The maximum atomic E-state index is 12.6. The smallest absolute Gasteiger partial charge is 0.246 e. The summed E-state index contributed by atoms with van der Waals surface area (Å²) in [6.45, 7) is 7.15. The summed E-state index contributed by atoms with van der Waals surface area (Å²) >= 11 is 1.66. The van der Waals surface area contributed by atoms with Gasteiger partial charge in [0.25, 0.3) is 0 Å². The molecule has 1 N–H and O–H groups in total. The zero-order valence-corrected chi connectivity index (χ0v) is 19.0. The Morgan fingerprint density at radius 3 is 2.81 bits per heavy atom. The largest absolute Gasteiger partial charge is 0.357 e. The van der Waals surface area contributed by atoms with E-state index in [4.69, 9.17) is 0 Å². The number of halogens is 1. The molecular weight excluding hydrogens is 477 g/mol. The molecule has 1 amide bonds. The standard InChI is InChI=1S/C17H25N7OS.HI/c1-4-18-17(19-6-5-14-12-26-13(2)21-14)23-7-8-24(16(25)11-23)15-9-20-22(3)10-15;/h9-10,12H,4-8,11H2,1-3H3,(H,18,19);1H. The molecule has 148 valence electrons. The third kappa shape index (κ3) is 5.64. The number of guanidine groups is 1. The van der Waals surface area contributed by atoms with Crippen LogP contribution in [-0.2, 0) is 18.3 Å². The number of nitrogens with zero attached hydrogens (tertiary/aromatic N) is 6. The maximum absolute atomic E-state index is 12.6. The van der Waals surface area contributed by atoms with E-state index in [1.165, 1.54) is 0 Å². The van der Waals surface area contributed by atoms with Crippen LogP contribution in [0.5, 0.6) is 0 Å². The Kier molecular flexibility index (Phi) is 8.02. The van der Waals surface area contributed by atoms with Crippen molar-refractivity contribution in [1.82, 2.24) is 25.0 Å². The number of aryl methyl sites for hydroxylation is 2. The number of carbonyl (C=O) groups excluding carboxylic acids is 1. The molecule has 1 aliphatic heterocycles. The van der Waals surface area contributed by atoms with Gasteiger partial charge in [-0.3, -0.25) is 14.5 Å². The van der Waals surface area contributed by atoms with E-state index in [1.54, 1.807) is 27.1 Å². The van der Waals surface area contributed by atoms with Crippen LogP contribution in [0.15, 0.2) is 22.8 Å². The predicted octanol–water partition coefficient (Wildman–Crippen LogP) is 1.66. The molecule has 10 heteroatoms. The number of carbonyl (C=O) groups is 1. The Hall–Kier alpha value is -1.69. The van der Waals surface area contributed by atoms with Gasteiger partial charge >= 0.3 is 0 Å². The molecule has 3 heterocycles. The van der Waals surface area contributed by atoms with Crippen LogP contribution < -0.4 is 10.2 Å². The van der Waals surface area contributed by atoms with Crippen LogP contribution in [0, 0.1) is 6.92 Å². The topological polar surface area (TPSA) is 78.7 Å². The number of thiazole rings is 1. The lowest BCUT2D eigenvalue weighted by Gasteiger charge is -2.35. The molecular formula is C17H26IN7OS. The lowest BCUT2D eigenvalue weighted by atomic mass is 10.3. The summed E-state index contributed by atoms with van der Waals surface area (Å²) < 4.78 is 1.71. The Morgan fingerprint density at radius 2 is 2.22 bits per heavy atom.